The number of pyridine rings is 1. The molecule has 0 amide bonds. The van der Waals surface area contributed by atoms with Crippen molar-refractivity contribution in [1.29, 1.82) is 0 Å². The van der Waals surface area contributed by atoms with Crippen LogP contribution in [0.25, 0.3) is 5.69 Å². The monoisotopic (exact) mass is 345 g/mol. The summed E-state index contributed by atoms with van der Waals surface area (Å²) in [4.78, 5) is 11.6. The fourth-order valence-electron chi connectivity index (χ4n) is 2.16. The number of benzene rings is 1. The summed E-state index contributed by atoms with van der Waals surface area (Å²) in [5.74, 6) is 1.57. The zero-order valence-electron chi connectivity index (χ0n) is 12.6. The highest BCUT2D eigenvalue weighted by molar-refractivity contribution is 7.97. The molecule has 0 unspecified atom stereocenters. The van der Waals surface area contributed by atoms with E-state index in [0.717, 1.165) is 28.5 Å². The lowest BCUT2D eigenvalue weighted by atomic mass is 10.3. The minimum atomic E-state index is 0.0195. The first-order chi connectivity index (χ1) is 11.1. The Bertz CT molecular complexity index is 872. The third-order valence-electron chi connectivity index (χ3n) is 3.43. The van der Waals surface area contributed by atoms with Crippen LogP contribution in [0, 0.1) is 0 Å². The maximum atomic E-state index is 11.6. The SMILES string of the molecule is Cn1ccc(CSCc2ccn(-c3ccccc3Cl)n2)cc1=O. The molecule has 0 radical (unpaired) electrons. The number of aryl methyl sites for hydroxylation is 1. The van der Waals surface area contributed by atoms with E-state index in [9.17, 15) is 4.79 Å². The summed E-state index contributed by atoms with van der Waals surface area (Å²) in [5, 5.41) is 5.23. The van der Waals surface area contributed by atoms with Crippen LogP contribution in [-0.2, 0) is 18.6 Å². The highest BCUT2D eigenvalue weighted by Crippen LogP contribution is 2.21. The molecule has 2 aromatic heterocycles. The summed E-state index contributed by atoms with van der Waals surface area (Å²) in [6.07, 6.45) is 3.71. The van der Waals surface area contributed by atoms with Crippen LogP contribution in [0.2, 0.25) is 5.02 Å². The van der Waals surface area contributed by atoms with Crippen LogP contribution in [0.3, 0.4) is 0 Å². The molecule has 0 saturated heterocycles. The molecule has 0 aliphatic carbocycles. The highest BCUT2D eigenvalue weighted by Gasteiger charge is 2.05. The Balaban J connectivity index is 1.62. The molecule has 3 aromatic rings. The molecule has 0 bridgehead atoms. The molecule has 0 aliphatic rings. The van der Waals surface area contributed by atoms with Crippen LogP contribution < -0.4 is 5.56 Å². The molecule has 0 saturated carbocycles. The number of hydrogen-bond acceptors (Lipinski definition) is 3. The molecule has 2 heterocycles. The van der Waals surface area contributed by atoms with Crippen molar-refractivity contribution in [2.75, 3.05) is 0 Å². The third kappa shape index (κ3) is 3.86. The van der Waals surface area contributed by atoms with Gasteiger partial charge in [0, 0.05) is 37.0 Å². The van der Waals surface area contributed by atoms with Crippen molar-refractivity contribution in [3.63, 3.8) is 0 Å². The molecular weight excluding hydrogens is 330 g/mol. The van der Waals surface area contributed by atoms with Gasteiger partial charge in [0.15, 0.2) is 0 Å². The van der Waals surface area contributed by atoms with E-state index in [2.05, 4.69) is 5.10 Å². The van der Waals surface area contributed by atoms with E-state index in [0.29, 0.717) is 5.02 Å². The second-order valence-corrected chi connectivity index (χ2v) is 6.57. The van der Waals surface area contributed by atoms with Crippen molar-refractivity contribution in [3.05, 3.63) is 81.5 Å². The van der Waals surface area contributed by atoms with Gasteiger partial charge in [0.2, 0.25) is 0 Å². The lowest BCUT2D eigenvalue weighted by molar-refractivity contribution is 0.854. The minimum Gasteiger partial charge on any atom is -0.319 e. The highest BCUT2D eigenvalue weighted by atomic mass is 35.5. The van der Waals surface area contributed by atoms with E-state index in [1.54, 1.807) is 40.3 Å². The molecule has 6 heteroatoms. The van der Waals surface area contributed by atoms with E-state index in [1.807, 2.05) is 42.6 Å². The van der Waals surface area contributed by atoms with Crippen LogP contribution >= 0.6 is 23.4 Å². The van der Waals surface area contributed by atoms with Gasteiger partial charge in [-0.1, -0.05) is 23.7 Å². The number of aromatic nitrogens is 3. The number of hydrogen-bond donors (Lipinski definition) is 0. The van der Waals surface area contributed by atoms with Crippen molar-refractivity contribution in [1.82, 2.24) is 14.3 Å². The Kier molecular flexibility index (Phi) is 4.88. The number of nitrogens with zero attached hydrogens (tertiary/aromatic N) is 3. The Hall–Kier alpha value is -1.98. The maximum Gasteiger partial charge on any atom is 0.250 e. The fraction of sp³-hybridized carbons (Fsp3) is 0.176. The van der Waals surface area contributed by atoms with Gasteiger partial charge in [-0.15, -0.1) is 0 Å². The average Bonchev–Trinajstić information content (AvgIpc) is 3.00. The van der Waals surface area contributed by atoms with Gasteiger partial charge >= 0.3 is 0 Å². The lowest BCUT2D eigenvalue weighted by Crippen LogP contribution is -2.14. The van der Waals surface area contributed by atoms with Crippen LogP contribution in [0.5, 0.6) is 0 Å². The Morgan fingerprint density at radius 3 is 2.74 bits per heavy atom. The molecule has 1 aromatic carbocycles. The van der Waals surface area contributed by atoms with Crippen molar-refractivity contribution in [2.24, 2.45) is 7.05 Å². The van der Waals surface area contributed by atoms with Gasteiger partial charge < -0.3 is 4.57 Å². The fourth-order valence-corrected chi connectivity index (χ4v) is 3.27. The van der Waals surface area contributed by atoms with E-state index < -0.39 is 0 Å². The Morgan fingerprint density at radius 2 is 1.96 bits per heavy atom. The predicted molar refractivity (Wildman–Crippen MR) is 95.3 cm³/mol. The molecule has 23 heavy (non-hydrogen) atoms. The zero-order valence-corrected chi connectivity index (χ0v) is 14.2. The molecule has 4 nitrogen and oxygen atoms in total. The largest absolute Gasteiger partial charge is 0.319 e. The van der Waals surface area contributed by atoms with Gasteiger partial charge in [0.25, 0.3) is 5.56 Å². The maximum absolute atomic E-state index is 11.6. The quantitative estimate of drug-likeness (QED) is 0.708. The van der Waals surface area contributed by atoms with Crippen molar-refractivity contribution < 1.29 is 0 Å². The zero-order chi connectivity index (χ0) is 16.2. The van der Waals surface area contributed by atoms with E-state index in [1.165, 1.54) is 0 Å². The van der Waals surface area contributed by atoms with Crippen LogP contribution in [0.15, 0.2) is 59.7 Å². The summed E-state index contributed by atoms with van der Waals surface area (Å²) in [5.41, 5.74) is 2.91. The summed E-state index contributed by atoms with van der Waals surface area (Å²) < 4.78 is 3.36. The van der Waals surface area contributed by atoms with Gasteiger partial charge in [-0.25, -0.2) is 4.68 Å². The number of halogens is 1. The first-order valence-electron chi connectivity index (χ1n) is 7.16. The number of rotatable bonds is 5. The van der Waals surface area contributed by atoms with E-state index >= 15 is 0 Å². The van der Waals surface area contributed by atoms with Crippen LogP contribution in [0.4, 0.5) is 0 Å². The molecule has 0 aliphatic heterocycles. The molecule has 0 fully saturated rings. The molecule has 118 valence electrons. The lowest BCUT2D eigenvalue weighted by Gasteiger charge is -2.04. The van der Waals surface area contributed by atoms with Gasteiger partial charge in [0.1, 0.15) is 0 Å². The first-order valence-corrected chi connectivity index (χ1v) is 8.69. The standard InChI is InChI=1S/C17H16ClN3OS/c1-20-8-6-13(10-17(20)22)11-23-12-14-7-9-21(19-14)16-5-3-2-4-15(16)18/h2-10H,11-12H2,1H3. The second kappa shape index (κ2) is 7.06. The van der Waals surface area contributed by atoms with Crippen molar-refractivity contribution in [3.8, 4) is 5.69 Å². The molecule has 0 spiro atoms. The third-order valence-corrected chi connectivity index (χ3v) is 4.79. The summed E-state index contributed by atoms with van der Waals surface area (Å²) in [7, 11) is 1.75. The normalized spacial score (nSPS) is 10.9. The Morgan fingerprint density at radius 1 is 1.13 bits per heavy atom. The smallest absolute Gasteiger partial charge is 0.250 e. The van der Waals surface area contributed by atoms with Crippen LogP contribution in [0.1, 0.15) is 11.3 Å². The topological polar surface area (TPSA) is 39.8 Å². The van der Waals surface area contributed by atoms with Crippen molar-refractivity contribution >= 4 is 23.4 Å². The average molecular weight is 346 g/mol. The van der Waals surface area contributed by atoms with Crippen LogP contribution in [-0.4, -0.2) is 14.3 Å². The van der Waals surface area contributed by atoms with Gasteiger partial charge in [0.05, 0.1) is 16.4 Å². The molecule has 0 atom stereocenters. The summed E-state index contributed by atoms with van der Waals surface area (Å²) in [6, 6.07) is 13.3. The molecular formula is C17H16ClN3OS. The van der Waals surface area contributed by atoms with Crippen molar-refractivity contribution in [2.45, 2.75) is 11.5 Å². The minimum absolute atomic E-state index is 0.0195. The van der Waals surface area contributed by atoms with E-state index in [-0.39, 0.29) is 5.56 Å². The van der Waals surface area contributed by atoms with Gasteiger partial charge in [-0.05, 0) is 29.8 Å². The Labute approximate surface area is 143 Å². The summed E-state index contributed by atoms with van der Waals surface area (Å²) >= 11 is 7.91. The second-order valence-electron chi connectivity index (χ2n) is 5.18. The summed E-state index contributed by atoms with van der Waals surface area (Å²) in [6.45, 7) is 0. The molecule has 3 rings (SSSR count). The first kappa shape index (κ1) is 15.9. The predicted octanol–water partition coefficient (Wildman–Crippen LogP) is 3.66. The van der Waals surface area contributed by atoms with E-state index in [4.69, 9.17) is 11.6 Å². The van der Waals surface area contributed by atoms with Gasteiger partial charge in [-0.3, -0.25) is 4.79 Å². The van der Waals surface area contributed by atoms with Gasteiger partial charge in [-0.2, -0.15) is 16.9 Å². The number of thioether (sulfide) groups is 1. The number of para-hydroxylation sites is 1. The molecule has 0 N–H and O–H groups in total.